The third-order valence-electron chi connectivity index (χ3n) is 7.11. The molecule has 134 valence electrons. The van der Waals surface area contributed by atoms with Gasteiger partial charge in [-0.25, -0.2) is 0 Å². The summed E-state index contributed by atoms with van der Waals surface area (Å²) in [7, 11) is 3.37. The molecule has 26 heavy (non-hydrogen) atoms. The maximum Gasteiger partial charge on any atom is 0.146 e. The van der Waals surface area contributed by atoms with Gasteiger partial charge < -0.3 is 9.47 Å². The van der Waals surface area contributed by atoms with Gasteiger partial charge in [-0.05, 0) is 72.9 Å². The van der Waals surface area contributed by atoms with Crippen molar-refractivity contribution in [2.45, 2.75) is 37.5 Å². The Balaban J connectivity index is 1.35. The quantitative estimate of drug-likeness (QED) is 0.802. The number of ether oxygens (including phenoxy) is 2. The number of benzene rings is 2. The SMILES string of the molecule is COc1ccc([C@@H]2C[C@]23CC[C@]2(C[C@H]2c2ccc(OC)cc2)C3=O)cc1. The molecular formula is C23H24O3. The van der Waals surface area contributed by atoms with E-state index in [1.165, 1.54) is 11.1 Å². The summed E-state index contributed by atoms with van der Waals surface area (Å²) in [5.41, 5.74) is 2.40. The van der Waals surface area contributed by atoms with Crippen molar-refractivity contribution in [3.63, 3.8) is 0 Å². The molecule has 3 fully saturated rings. The van der Waals surface area contributed by atoms with Gasteiger partial charge in [0.15, 0.2) is 0 Å². The number of hydrogen-bond donors (Lipinski definition) is 0. The normalized spacial score (nSPS) is 34.3. The van der Waals surface area contributed by atoms with Gasteiger partial charge in [0.1, 0.15) is 17.3 Å². The van der Waals surface area contributed by atoms with Crippen molar-refractivity contribution < 1.29 is 14.3 Å². The Morgan fingerprint density at radius 1 is 0.731 bits per heavy atom. The summed E-state index contributed by atoms with van der Waals surface area (Å²) in [6.07, 6.45) is 4.15. The predicted octanol–water partition coefficient (Wildman–Crippen LogP) is 4.71. The molecule has 0 unspecified atom stereocenters. The van der Waals surface area contributed by atoms with E-state index in [0.717, 1.165) is 37.2 Å². The zero-order valence-corrected chi connectivity index (χ0v) is 15.3. The van der Waals surface area contributed by atoms with Crippen LogP contribution < -0.4 is 9.47 Å². The van der Waals surface area contributed by atoms with Crippen LogP contribution in [0.3, 0.4) is 0 Å². The van der Waals surface area contributed by atoms with Gasteiger partial charge in [0.2, 0.25) is 0 Å². The summed E-state index contributed by atoms with van der Waals surface area (Å²) in [5.74, 6) is 3.08. The highest BCUT2D eigenvalue weighted by Gasteiger charge is 2.75. The largest absolute Gasteiger partial charge is 0.497 e. The lowest BCUT2D eigenvalue weighted by Crippen LogP contribution is -2.19. The average molecular weight is 348 g/mol. The minimum absolute atomic E-state index is 0.0875. The number of carbonyl (C=O) groups excluding carboxylic acids is 1. The van der Waals surface area contributed by atoms with Gasteiger partial charge in [0.05, 0.1) is 14.2 Å². The highest BCUT2D eigenvalue weighted by Crippen LogP contribution is 2.78. The molecule has 0 aromatic heterocycles. The fourth-order valence-electron chi connectivity index (χ4n) is 5.38. The van der Waals surface area contributed by atoms with Crippen molar-refractivity contribution in [1.82, 2.24) is 0 Å². The van der Waals surface area contributed by atoms with Crippen LogP contribution in [0.4, 0.5) is 0 Å². The fraction of sp³-hybridized carbons (Fsp3) is 0.435. The Kier molecular flexibility index (Phi) is 3.28. The average Bonchev–Trinajstić information content (AvgIpc) is 3.58. The summed E-state index contributed by atoms with van der Waals surface area (Å²) in [4.78, 5) is 13.4. The van der Waals surface area contributed by atoms with Crippen molar-refractivity contribution >= 4 is 5.78 Å². The molecule has 0 amide bonds. The first kappa shape index (κ1) is 15.9. The minimum Gasteiger partial charge on any atom is -0.497 e. The van der Waals surface area contributed by atoms with Gasteiger partial charge in [-0.2, -0.15) is 0 Å². The molecule has 3 aliphatic carbocycles. The van der Waals surface area contributed by atoms with Crippen LogP contribution in [0, 0.1) is 10.8 Å². The summed E-state index contributed by atoms with van der Waals surface area (Å²) >= 11 is 0. The highest BCUT2D eigenvalue weighted by molar-refractivity contribution is 5.99. The van der Waals surface area contributed by atoms with Crippen molar-refractivity contribution in [1.29, 1.82) is 0 Å². The first-order chi connectivity index (χ1) is 12.6. The molecule has 4 atom stereocenters. The predicted molar refractivity (Wildman–Crippen MR) is 99.8 cm³/mol. The van der Waals surface area contributed by atoms with Crippen molar-refractivity contribution in [2.24, 2.45) is 10.8 Å². The number of Topliss-reactive ketones (excluding diaryl/α,β-unsaturated/α-hetero) is 1. The number of methoxy groups -OCH3 is 2. The molecule has 3 saturated carbocycles. The summed E-state index contributed by atoms with van der Waals surface area (Å²) in [5, 5.41) is 0. The Labute approximate surface area is 154 Å². The van der Waals surface area contributed by atoms with E-state index in [-0.39, 0.29) is 10.8 Å². The van der Waals surface area contributed by atoms with Gasteiger partial charge >= 0.3 is 0 Å². The van der Waals surface area contributed by atoms with E-state index >= 15 is 0 Å². The molecule has 0 radical (unpaired) electrons. The van der Waals surface area contributed by atoms with E-state index in [4.69, 9.17) is 9.47 Å². The third kappa shape index (κ3) is 2.09. The fourth-order valence-corrected chi connectivity index (χ4v) is 5.38. The summed E-state index contributed by atoms with van der Waals surface area (Å²) in [6, 6.07) is 16.5. The topological polar surface area (TPSA) is 35.5 Å². The lowest BCUT2D eigenvalue weighted by atomic mass is 9.91. The van der Waals surface area contributed by atoms with Crippen molar-refractivity contribution in [3.05, 3.63) is 59.7 Å². The molecule has 2 aromatic rings. The van der Waals surface area contributed by atoms with Crippen LogP contribution in [-0.4, -0.2) is 20.0 Å². The standard InChI is InChI=1S/C23H24O3/c1-25-17-7-3-15(4-8-17)19-13-22(19)11-12-23(21(22)24)14-20(23)16-5-9-18(26-2)10-6-16/h3-10,19-20H,11-14H2,1-2H3/t19-,20-,22+,23+/m0/s1. The molecule has 5 rings (SSSR count). The van der Waals surface area contributed by atoms with Crippen LogP contribution in [0.1, 0.15) is 48.6 Å². The minimum atomic E-state index is -0.0875. The van der Waals surface area contributed by atoms with Crippen LogP contribution in [0.25, 0.3) is 0 Å². The number of hydrogen-bond acceptors (Lipinski definition) is 3. The monoisotopic (exact) mass is 348 g/mol. The molecule has 0 N–H and O–H groups in total. The maximum atomic E-state index is 13.4. The zero-order valence-electron chi connectivity index (χ0n) is 15.3. The van der Waals surface area contributed by atoms with Crippen LogP contribution in [-0.2, 0) is 4.79 Å². The summed E-state index contributed by atoms with van der Waals surface area (Å²) in [6.45, 7) is 0. The molecule has 3 heteroatoms. The molecule has 2 spiro atoms. The zero-order chi connectivity index (χ0) is 17.9. The Morgan fingerprint density at radius 3 is 1.46 bits per heavy atom. The first-order valence-corrected chi connectivity index (χ1v) is 9.46. The maximum absolute atomic E-state index is 13.4. The van der Waals surface area contributed by atoms with Gasteiger partial charge in [0, 0.05) is 10.8 Å². The van der Waals surface area contributed by atoms with E-state index in [0.29, 0.717) is 17.6 Å². The second-order valence-electron chi connectivity index (χ2n) is 8.20. The van der Waals surface area contributed by atoms with Crippen LogP contribution in [0.5, 0.6) is 11.5 Å². The molecule has 0 heterocycles. The van der Waals surface area contributed by atoms with Crippen LogP contribution in [0.15, 0.2) is 48.5 Å². The van der Waals surface area contributed by atoms with E-state index in [1.807, 2.05) is 24.3 Å². The van der Waals surface area contributed by atoms with Crippen LogP contribution in [0.2, 0.25) is 0 Å². The van der Waals surface area contributed by atoms with Gasteiger partial charge in [-0.15, -0.1) is 0 Å². The second-order valence-corrected chi connectivity index (χ2v) is 8.20. The Bertz CT molecular complexity index is 783. The van der Waals surface area contributed by atoms with Crippen molar-refractivity contribution in [3.8, 4) is 11.5 Å². The Morgan fingerprint density at radius 2 is 1.12 bits per heavy atom. The smallest absolute Gasteiger partial charge is 0.146 e. The van der Waals surface area contributed by atoms with Crippen LogP contribution >= 0.6 is 0 Å². The number of carbonyl (C=O) groups is 1. The molecule has 0 aliphatic heterocycles. The number of ketones is 1. The molecule has 2 aromatic carbocycles. The molecule has 3 nitrogen and oxygen atoms in total. The lowest BCUT2D eigenvalue weighted by Gasteiger charge is -2.12. The van der Waals surface area contributed by atoms with Gasteiger partial charge in [-0.3, -0.25) is 4.79 Å². The molecular weight excluding hydrogens is 324 g/mol. The number of rotatable bonds is 4. The van der Waals surface area contributed by atoms with Crippen molar-refractivity contribution in [2.75, 3.05) is 14.2 Å². The Hall–Kier alpha value is -2.29. The lowest BCUT2D eigenvalue weighted by molar-refractivity contribution is -0.126. The highest BCUT2D eigenvalue weighted by atomic mass is 16.5. The third-order valence-corrected chi connectivity index (χ3v) is 7.11. The van der Waals surface area contributed by atoms with Gasteiger partial charge in [-0.1, -0.05) is 24.3 Å². The second kappa shape index (κ2) is 5.35. The first-order valence-electron chi connectivity index (χ1n) is 9.46. The van der Waals surface area contributed by atoms with E-state index in [1.54, 1.807) is 14.2 Å². The molecule has 0 saturated heterocycles. The van der Waals surface area contributed by atoms with E-state index in [9.17, 15) is 4.79 Å². The summed E-state index contributed by atoms with van der Waals surface area (Å²) < 4.78 is 10.5. The molecule has 0 bridgehead atoms. The van der Waals surface area contributed by atoms with E-state index in [2.05, 4.69) is 24.3 Å². The van der Waals surface area contributed by atoms with E-state index < -0.39 is 0 Å². The van der Waals surface area contributed by atoms with Gasteiger partial charge in [0.25, 0.3) is 0 Å². The molecule has 3 aliphatic rings.